The van der Waals surface area contributed by atoms with Gasteiger partial charge in [-0.05, 0) is 6.42 Å². The molecule has 0 radical (unpaired) electrons. The zero-order valence-electron chi connectivity index (χ0n) is 6.59. The third-order valence-corrected chi connectivity index (χ3v) is 3.65. The monoisotopic (exact) mass is 226 g/mol. The summed E-state index contributed by atoms with van der Waals surface area (Å²) in [6.07, 6.45) is 0.0116. The van der Waals surface area contributed by atoms with Gasteiger partial charge in [0.15, 0.2) is 5.41 Å². The first-order valence-electron chi connectivity index (χ1n) is 3.55. The summed E-state index contributed by atoms with van der Waals surface area (Å²) in [4.78, 5) is 21.5. The summed E-state index contributed by atoms with van der Waals surface area (Å²) in [5.41, 5.74) is -2.75. The van der Waals surface area contributed by atoms with E-state index in [1.54, 1.807) is 0 Å². The standard InChI is InChI=1S/C7H8Cl2O4/c8-2-6(3-9)1-7(6,4(10)11)5(12)13/h1-3H2,(H,10,11)(H,12,13). The number of rotatable bonds is 4. The molecule has 0 aromatic carbocycles. The molecule has 1 aliphatic carbocycles. The first-order valence-corrected chi connectivity index (χ1v) is 4.62. The molecule has 1 fully saturated rings. The van der Waals surface area contributed by atoms with E-state index in [1.165, 1.54) is 0 Å². The molecule has 6 heteroatoms. The molecule has 0 spiro atoms. The van der Waals surface area contributed by atoms with Gasteiger partial charge in [-0.1, -0.05) is 0 Å². The Bertz CT molecular complexity index is 245. The van der Waals surface area contributed by atoms with E-state index in [0.29, 0.717) is 0 Å². The van der Waals surface area contributed by atoms with E-state index in [2.05, 4.69) is 0 Å². The molecule has 0 aromatic rings. The van der Waals surface area contributed by atoms with Crippen molar-refractivity contribution in [3.05, 3.63) is 0 Å². The Hall–Kier alpha value is -0.480. The maximum Gasteiger partial charge on any atom is 0.321 e. The average Bonchev–Trinajstić information content (AvgIpc) is 2.75. The molecule has 0 saturated heterocycles. The minimum absolute atomic E-state index is 0.0116. The Balaban J connectivity index is 3.01. The van der Waals surface area contributed by atoms with Crippen LogP contribution in [0.2, 0.25) is 0 Å². The van der Waals surface area contributed by atoms with E-state index >= 15 is 0 Å². The fourth-order valence-corrected chi connectivity index (χ4v) is 2.45. The maximum atomic E-state index is 10.8. The van der Waals surface area contributed by atoms with Crippen molar-refractivity contribution in [2.75, 3.05) is 11.8 Å². The van der Waals surface area contributed by atoms with Crippen molar-refractivity contribution < 1.29 is 19.8 Å². The van der Waals surface area contributed by atoms with Crippen LogP contribution >= 0.6 is 23.2 Å². The van der Waals surface area contributed by atoms with Crippen molar-refractivity contribution in [1.82, 2.24) is 0 Å². The van der Waals surface area contributed by atoms with Gasteiger partial charge >= 0.3 is 11.9 Å². The van der Waals surface area contributed by atoms with Crippen LogP contribution in [0.25, 0.3) is 0 Å². The highest BCUT2D eigenvalue weighted by atomic mass is 35.5. The summed E-state index contributed by atoms with van der Waals surface area (Å²) in [6.45, 7) is 0. The molecule has 1 aliphatic rings. The van der Waals surface area contributed by atoms with E-state index in [-0.39, 0.29) is 18.2 Å². The van der Waals surface area contributed by atoms with Crippen molar-refractivity contribution in [1.29, 1.82) is 0 Å². The highest BCUT2D eigenvalue weighted by Crippen LogP contribution is 2.65. The highest BCUT2D eigenvalue weighted by molar-refractivity contribution is 6.24. The van der Waals surface area contributed by atoms with Crippen LogP contribution in [0.5, 0.6) is 0 Å². The number of carboxylic acid groups (broad SMARTS) is 2. The van der Waals surface area contributed by atoms with E-state index in [4.69, 9.17) is 33.4 Å². The predicted molar refractivity (Wildman–Crippen MR) is 46.2 cm³/mol. The number of hydrogen-bond acceptors (Lipinski definition) is 2. The zero-order chi connectivity index (χ0) is 10.3. The lowest BCUT2D eigenvalue weighted by Crippen LogP contribution is -2.33. The Morgan fingerprint density at radius 3 is 1.62 bits per heavy atom. The largest absolute Gasteiger partial charge is 0.480 e. The van der Waals surface area contributed by atoms with Gasteiger partial charge in [0.2, 0.25) is 0 Å². The van der Waals surface area contributed by atoms with Gasteiger partial charge in [0.05, 0.1) is 0 Å². The predicted octanol–water partition coefficient (Wildman–Crippen LogP) is 1.01. The summed E-state index contributed by atoms with van der Waals surface area (Å²) >= 11 is 11.0. The summed E-state index contributed by atoms with van der Waals surface area (Å²) in [5.74, 6) is -2.81. The fourth-order valence-electron chi connectivity index (χ4n) is 1.52. The van der Waals surface area contributed by atoms with Gasteiger partial charge in [-0.3, -0.25) is 9.59 Å². The second-order valence-electron chi connectivity index (χ2n) is 3.24. The molecule has 2 N–H and O–H groups in total. The van der Waals surface area contributed by atoms with Crippen molar-refractivity contribution in [3.63, 3.8) is 0 Å². The molecular formula is C7H8Cl2O4. The van der Waals surface area contributed by atoms with Crippen LogP contribution in [-0.2, 0) is 9.59 Å². The molecule has 1 saturated carbocycles. The molecular weight excluding hydrogens is 219 g/mol. The maximum absolute atomic E-state index is 10.8. The lowest BCUT2D eigenvalue weighted by Gasteiger charge is -2.13. The lowest BCUT2D eigenvalue weighted by molar-refractivity contribution is -0.158. The van der Waals surface area contributed by atoms with Crippen LogP contribution in [-0.4, -0.2) is 33.9 Å². The molecule has 0 amide bonds. The minimum Gasteiger partial charge on any atom is -0.480 e. The smallest absolute Gasteiger partial charge is 0.321 e. The summed E-state index contributed by atoms with van der Waals surface area (Å²) in [5, 5.41) is 17.5. The van der Waals surface area contributed by atoms with E-state index < -0.39 is 22.8 Å². The SMILES string of the molecule is O=C(O)C1(C(=O)O)CC1(CCl)CCl. The third-order valence-electron chi connectivity index (χ3n) is 2.63. The Labute approximate surface area is 84.4 Å². The Kier molecular flexibility index (Phi) is 2.47. The molecule has 0 aliphatic heterocycles. The number of halogens is 2. The second-order valence-corrected chi connectivity index (χ2v) is 3.77. The van der Waals surface area contributed by atoms with Crippen LogP contribution in [0.1, 0.15) is 6.42 Å². The van der Waals surface area contributed by atoms with Crippen molar-refractivity contribution >= 4 is 35.1 Å². The van der Waals surface area contributed by atoms with Crippen LogP contribution in [0, 0.1) is 10.8 Å². The highest BCUT2D eigenvalue weighted by Gasteiger charge is 2.76. The Morgan fingerprint density at radius 1 is 1.15 bits per heavy atom. The normalized spacial score (nSPS) is 22.3. The van der Waals surface area contributed by atoms with Crippen LogP contribution in [0.15, 0.2) is 0 Å². The van der Waals surface area contributed by atoms with E-state index in [0.717, 1.165) is 0 Å². The number of carboxylic acids is 2. The van der Waals surface area contributed by atoms with Crippen molar-refractivity contribution in [2.45, 2.75) is 6.42 Å². The minimum atomic E-state index is -1.77. The molecule has 13 heavy (non-hydrogen) atoms. The van der Waals surface area contributed by atoms with Gasteiger partial charge in [0.1, 0.15) is 0 Å². The van der Waals surface area contributed by atoms with Crippen molar-refractivity contribution in [2.24, 2.45) is 10.8 Å². The number of alkyl halides is 2. The molecule has 0 aromatic heterocycles. The van der Waals surface area contributed by atoms with E-state index in [1.807, 2.05) is 0 Å². The topological polar surface area (TPSA) is 74.6 Å². The summed E-state index contributed by atoms with van der Waals surface area (Å²) < 4.78 is 0. The first kappa shape index (κ1) is 10.6. The van der Waals surface area contributed by atoms with E-state index in [9.17, 15) is 9.59 Å². The molecule has 1 rings (SSSR count). The van der Waals surface area contributed by atoms with Crippen molar-refractivity contribution in [3.8, 4) is 0 Å². The van der Waals surface area contributed by atoms with Gasteiger partial charge in [-0.2, -0.15) is 0 Å². The van der Waals surface area contributed by atoms with Gasteiger partial charge in [-0.25, -0.2) is 0 Å². The van der Waals surface area contributed by atoms with Crippen LogP contribution in [0.4, 0.5) is 0 Å². The van der Waals surface area contributed by atoms with Crippen LogP contribution in [0.3, 0.4) is 0 Å². The van der Waals surface area contributed by atoms with Gasteiger partial charge in [0, 0.05) is 17.2 Å². The van der Waals surface area contributed by atoms with Gasteiger partial charge in [0.25, 0.3) is 0 Å². The van der Waals surface area contributed by atoms with Gasteiger partial charge < -0.3 is 10.2 Å². The first-order chi connectivity index (χ1) is 5.97. The number of carbonyl (C=O) groups is 2. The average molecular weight is 227 g/mol. The molecule has 0 bridgehead atoms. The molecule has 4 nitrogen and oxygen atoms in total. The van der Waals surface area contributed by atoms with Gasteiger partial charge in [-0.15, -0.1) is 23.2 Å². The molecule has 74 valence electrons. The second kappa shape index (κ2) is 3.03. The molecule has 0 atom stereocenters. The third kappa shape index (κ3) is 1.12. The summed E-state index contributed by atoms with van der Waals surface area (Å²) in [6, 6.07) is 0. The molecule has 0 heterocycles. The summed E-state index contributed by atoms with van der Waals surface area (Å²) in [7, 11) is 0. The fraction of sp³-hybridized carbons (Fsp3) is 0.714. The quantitative estimate of drug-likeness (QED) is 0.555. The zero-order valence-corrected chi connectivity index (χ0v) is 8.10. The number of aliphatic carboxylic acids is 2. The lowest BCUT2D eigenvalue weighted by atomic mass is 9.96. The Morgan fingerprint density at radius 2 is 1.54 bits per heavy atom. The number of hydrogen-bond donors (Lipinski definition) is 2. The molecule has 0 unspecified atom stereocenters. The van der Waals surface area contributed by atoms with Crippen LogP contribution < -0.4 is 0 Å².